The Morgan fingerprint density at radius 1 is 1.22 bits per heavy atom. The summed E-state index contributed by atoms with van der Waals surface area (Å²) < 4.78 is 0. The Bertz CT molecular complexity index is 251. The summed E-state index contributed by atoms with van der Waals surface area (Å²) in [5.41, 5.74) is 0. The fourth-order valence-corrected chi connectivity index (χ4v) is 2.13. The van der Waals surface area contributed by atoms with Gasteiger partial charge < -0.3 is 10.4 Å². The average Bonchev–Trinajstić information content (AvgIpc) is 2.36. The molecule has 1 aliphatic heterocycles. The van der Waals surface area contributed by atoms with E-state index in [1.807, 2.05) is 6.92 Å². The van der Waals surface area contributed by atoms with E-state index < -0.39 is 0 Å². The average molecular weight is 257 g/mol. The predicted octanol–water partition coefficient (Wildman–Crippen LogP) is -0.243. The summed E-state index contributed by atoms with van der Waals surface area (Å²) in [4.78, 5) is 16.4. The van der Waals surface area contributed by atoms with Crippen LogP contribution in [0.5, 0.6) is 0 Å². The second-order valence-corrected chi connectivity index (χ2v) is 5.42. The quantitative estimate of drug-likeness (QED) is 0.689. The molecule has 0 aromatic carbocycles. The van der Waals surface area contributed by atoms with Crippen molar-refractivity contribution in [3.8, 4) is 0 Å². The Morgan fingerprint density at radius 2 is 1.83 bits per heavy atom. The van der Waals surface area contributed by atoms with E-state index in [2.05, 4.69) is 29.0 Å². The first-order valence-electron chi connectivity index (χ1n) is 6.89. The highest BCUT2D eigenvalue weighted by Gasteiger charge is 2.25. The van der Waals surface area contributed by atoms with Gasteiger partial charge in [0.1, 0.15) is 0 Å². The molecule has 18 heavy (non-hydrogen) atoms. The summed E-state index contributed by atoms with van der Waals surface area (Å²) in [6, 6.07) is -0.0555. The van der Waals surface area contributed by atoms with Gasteiger partial charge >= 0.3 is 0 Å². The highest BCUT2D eigenvalue weighted by Crippen LogP contribution is 2.06. The molecule has 5 nitrogen and oxygen atoms in total. The van der Waals surface area contributed by atoms with Crippen LogP contribution in [0.15, 0.2) is 0 Å². The van der Waals surface area contributed by atoms with Crippen LogP contribution in [0.4, 0.5) is 0 Å². The molecule has 5 heteroatoms. The van der Waals surface area contributed by atoms with Gasteiger partial charge in [-0.1, -0.05) is 13.8 Å². The molecule has 0 aliphatic carbocycles. The summed E-state index contributed by atoms with van der Waals surface area (Å²) in [7, 11) is 0. The van der Waals surface area contributed by atoms with E-state index in [0.29, 0.717) is 5.92 Å². The van der Waals surface area contributed by atoms with E-state index in [1.165, 1.54) is 0 Å². The number of aliphatic hydroxyl groups excluding tert-OH is 1. The predicted molar refractivity (Wildman–Crippen MR) is 72.4 cm³/mol. The van der Waals surface area contributed by atoms with Gasteiger partial charge in [0.25, 0.3) is 0 Å². The number of carbonyl (C=O) groups excluding carboxylic acids is 1. The van der Waals surface area contributed by atoms with Crippen LogP contribution in [0.3, 0.4) is 0 Å². The first-order valence-corrected chi connectivity index (χ1v) is 6.89. The lowest BCUT2D eigenvalue weighted by Crippen LogP contribution is -2.54. The number of rotatable bonds is 6. The molecule has 0 saturated carbocycles. The SMILES string of the molecule is CC(C)CNC(=O)[C@H](C)N1CCN(CCO)CC1. The zero-order valence-electron chi connectivity index (χ0n) is 11.9. The van der Waals surface area contributed by atoms with Crippen LogP contribution in [0, 0.1) is 5.92 Å². The number of piperazine rings is 1. The van der Waals surface area contributed by atoms with Gasteiger partial charge in [0.2, 0.25) is 5.91 Å². The number of hydrogen-bond acceptors (Lipinski definition) is 4. The van der Waals surface area contributed by atoms with E-state index in [-0.39, 0.29) is 18.6 Å². The number of nitrogens with zero attached hydrogens (tertiary/aromatic N) is 2. The maximum atomic E-state index is 11.9. The van der Waals surface area contributed by atoms with Gasteiger partial charge in [0.05, 0.1) is 12.6 Å². The van der Waals surface area contributed by atoms with Crippen molar-refractivity contribution in [2.75, 3.05) is 45.9 Å². The van der Waals surface area contributed by atoms with Gasteiger partial charge in [-0.2, -0.15) is 0 Å². The number of hydrogen-bond donors (Lipinski definition) is 2. The van der Waals surface area contributed by atoms with E-state index >= 15 is 0 Å². The van der Waals surface area contributed by atoms with Crippen molar-refractivity contribution in [2.24, 2.45) is 5.92 Å². The van der Waals surface area contributed by atoms with Crippen molar-refractivity contribution >= 4 is 5.91 Å². The van der Waals surface area contributed by atoms with Crippen molar-refractivity contribution in [2.45, 2.75) is 26.8 Å². The number of carbonyl (C=O) groups is 1. The van der Waals surface area contributed by atoms with Crippen molar-refractivity contribution < 1.29 is 9.90 Å². The third kappa shape index (κ3) is 4.92. The lowest BCUT2D eigenvalue weighted by atomic mass is 10.2. The highest BCUT2D eigenvalue weighted by molar-refractivity contribution is 5.81. The monoisotopic (exact) mass is 257 g/mol. The lowest BCUT2D eigenvalue weighted by molar-refractivity contribution is -0.126. The maximum absolute atomic E-state index is 11.9. The van der Waals surface area contributed by atoms with Gasteiger partial charge in [0.15, 0.2) is 0 Å². The minimum Gasteiger partial charge on any atom is -0.395 e. The third-order valence-corrected chi connectivity index (χ3v) is 3.43. The summed E-state index contributed by atoms with van der Waals surface area (Å²) in [6.45, 7) is 11.5. The Balaban J connectivity index is 2.30. The smallest absolute Gasteiger partial charge is 0.237 e. The number of nitrogens with one attached hydrogen (secondary N) is 1. The van der Waals surface area contributed by atoms with Crippen LogP contribution in [-0.4, -0.2) is 72.7 Å². The highest BCUT2D eigenvalue weighted by atomic mass is 16.3. The molecule has 0 radical (unpaired) electrons. The van der Waals surface area contributed by atoms with Crippen molar-refractivity contribution in [1.29, 1.82) is 0 Å². The van der Waals surface area contributed by atoms with Gasteiger partial charge in [-0.05, 0) is 12.8 Å². The van der Waals surface area contributed by atoms with E-state index in [0.717, 1.165) is 39.3 Å². The molecular formula is C13H27N3O2. The fraction of sp³-hybridized carbons (Fsp3) is 0.923. The van der Waals surface area contributed by atoms with E-state index in [1.54, 1.807) is 0 Å². The molecule has 1 amide bonds. The van der Waals surface area contributed by atoms with Gasteiger partial charge in [-0.3, -0.25) is 14.6 Å². The van der Waals surface area contributed by atoms with E-state index in [4.69, 9.17) is 5.11 Å². The first-order chi connectivity index (χ1) is 8.54. The molecule has 1 atom stereocenters. The molecule has 0 aromatic rings. The number of amides is 1. The molecule has 1 saturated heterocycles. The third-order valence-electron chi connectivity index (χ3n) is 3.43. The Hall–Kier alpha value is -0.650. The Labute approximate surface area is 110 Å². The molecule has 106 valence electrons. The molecule has 1 heterocycles. The second-order valence-electron chi connectivity index (χ2n) is 5.42. The summed E-state index contributed by atoms with van der Waals surface area (Å²) in [5, 5.41) is 11.9. The molecule has 0 bridgehead atoms. The zero-order valence-corrected chi connectivity index (χ0v) is 11.9. The number of aliphatic hydroxyl groups is 1. The Kier molecular flexibility index (Phi) is 6.60. The molecule has 1 rings (SSSR count). The lowest BCUT2D eigenvalue weighted by Gasteiger charge is -2.37. The second kappa shape index (κ2) is 7.71. The minimum absolute atomic E-state index is 0.0555. The molecule has 2 N–H and O–H groups in total. The van der Waals surface area contributed by atoms with Gasteiger partial charge in [-0.15, -0.1) is 0 Å². The first kappa shape index (κ1) is 15.4. The molecule has 0 spiro atoms. The fourth-order valence-electron chi connectivity index (χ4n) is 2.13. The molecule has 1 aliphatic rings. The number of β-amino-alcohol motifs (C(OH)–C–C–N with tert-alkyl or cyclic N) is 1. The van der Waals surface area contributed by atoms with Gasteiger partial charge in [-0.25, -0.2) is 0 Å². The van der Waals surface area contributed by atoms with Crippen LogP contribution in [0.2, 0.25) is 0 Å². The molecular weight excluding hydrogens is 230 g/mol. The van der Waals surface area contributed by atoms with Crippen LogP contribution in [0.25, 0.3) is 0 Å². The normalized spacial score (nSPS) is 20.1. The molecule has 1 fully saturated rings. The molecule has 0 aromatic heterocycles. The van der Waals surface area contributed by atoms with E-state index in [9.17, 15) is 4.79 Å². The topological polar surface area (TPSA) is 55.8 Å². The van der Waals surface area contributed by atoms with Crippen LogP contribution >= 0.6 is 0 Å². The summed E-state index contributed by atoms with van der Waals surface area (Å²) in [6.07, 6.45) is 0. The molecule has 0 unspecified atom stereocenters. The van der Waals surface area contributed by atoms with Crippen LogP contribution < -0.4 is 5.32 Å². The van der Waals surface area contributed by atoms with Crippen LogP contribution in [-0.2, 0) is 4.79 Å². The minimum atomic E-state index is -0.0555. The Morgan fingerprint density at radius 3 is 2.33 bits per heavy atom. The maximum Gasteiger partial charge on any atom is 0.237 e. The van der Waals surface area contributed by atoms with Crippen molar-refractivity contribution in [3.05, 3.63) is 0 Å². The summed E-state index contributed by atoms with van der Waals surface area (Å²) >= 11 is 0. The largest absolute Gasteiger partial charge is 0.395 e. The van der Waals surface area contributed by atoms with Crippen molar-refractivity contribution in [1.82, 2.24) is 15.1 Å². The van der Waals surface area contributed by atoms with Crippen LogP contribution in [0.1, 0.15) is 20.8 Å². The van der Waals surface area contributed by atoms with Gasteiger partial charge in [0, 0.05) is 39.3 Å². The summed E-state index contributed by atoms with van der Waals surface area (Å²) in [5.74, 6) is 0.613. The standard InChI is InChI=1S/C13H27N3O2/c1-11(2)10-14-13(18)12(3)16-6-4-15(5-7-16)8-9-17/h11-12,17H,4-10H2,1-3H3,(H,14,18)/t12-/m0/s1. The van der Waals surface area contributed by atoms with Crippen molar-refractivity contribution in [3.63, 3.8) is 0 Å². The zero-order chi connectivity index (χ0) is 13.5.